The summed E-state index contributed by atoms with van der Waals surface area (Å²) >= 11 is 0. The predicted molar refractivity (Wildman–Crippen MR) is 87.3 cm³/mol. The molecule has 0 spiro atoms. The van der Waals surface area contributed by atoms with E-state index in [9.17, 15) is 24.6 Å². The van der Waals surface area contributed by atoms with Crippen LogP contribution < -0.4 is 10.6 Å². The number of carbonyl (C=O) groups is 3. The number of benzene rings is 1. The molecule has 1 aromatic rings. The van der Waals surface area contributed by atoms with Crippen molar-refractivity contribution < 1.29 is 24.6 Å². The highest BCUT2D eigenvalue weighted by molar-refractivity contribution is 5.98. The summed E-state index contributed by atoms with van der Waals surface area (Å²) in [6, 6.07) is 6.53. The molecule has 0 bridgehead atoms. The van der Waals surface area contributed by atoms with Crippen molar-refractivity contribution in [2.45, 2.75) is 26.7 Å². The van der Waals surface area contributed by atoms with Gasteiger partial charge in [0.2, 0.25) is 5.91 Å². The molecule has 1 aliphatic heterocycles. The summed E-state index contributed by atoms with van der Waals surface area (Å²) in [4.78, 5) is 34.6. The number of dihydropyridines is 1. The SMILES string of the molecule is CC(=O)Nc1cccc(C2C(C(=O)O)=C(C)NC(C)=C2C(=O)O)c1. The number of aliphatic carboxylic acids is 2. The summed E-state index contributed by atoms with van der Waals surface area (Å²) in [5, 5.41) is 24.5. The molecular formula is C17H18N2O5. The Kier molecular flexibility index (Phi) is 4.73. The summed E-state index contributed by atoms with van der Waals surface area (Å²) in [5.41, 5.74) is 1.68. The lowest BCUT2D eigenvalue weighted by Gasteiger charge is -2.29. The van der Waals surface area contributed by atoms with Gasteiger partial charge >= 0.3 is 11.9 Å². The van der Waals surface area contributed by atoms with E-state index in [2.05, 4.69) is 10.6 Å². The topological polar surface area (TPSA) is 116 Å². The molecular weight excluding hydrogens is 312 g/mol. The second kappa shape index (κ2) is 6.57. The molecule has 24 heavy (non-hydrogen) atoms. The van der Waals surface area contributed by atoms with Gasteiger partial charge < -0.3 is 20.8 Å². The monoisotopic (exact) mass is 330 g/mol. The minimum Gasteiger partial charge on any atom is -0.478 e. The first-order valence-corrected chi connectivity index (χ1v) is 7.25. The highest BCUT2D eigenvalue weighted by Gasteiger charge is 2.36. The minimum atomic E-state index is -1.19. The van der Waals surface area contributed by atoms with Crippen molar-refractivity contribution in [2.24, 2.45) is 0 Å². The molecule has 7 heteroatoms. The number of carbonyl (C=O) groups excluding carboxylic acids is 1. The molecule has 1 aromatic carbocycles. The number of anilines is 1. The van der Waals surface area contributed by atoms with Crippen LogP contribution in [0.25, 0.3) is 0 Å². The normalized spacial score (nSPS) is 15.1. The first-order valence-electron chi connectivity index (χ1n) is 7.25. The zero-order valence-corrected chi connectivity index (χ0v) is 13.5. The van der Waals surface area contributed by atoms with Gasteiger partial charge in [-0.3, -0.25) is 4.79 Å². The molecule has 0 fully saturated rings. The first kappa shape index (κ1) is 17.3. The number of allylic oxidation sites excluding steroid dienone is 2. The van der Waals surface area contributed by atoms with Crippen molar-refractivity contribution in [1.29, 1.82) is 0 Å². The van der Waals surface area contributed by atoms with E-state index >= 15 is 0 Å². The number of hydrogen-bond acceptors (Lipinski definition) is 4. The molecule has 1 heterocycles. The molecule has 0 unspecified atom stereocenters. The van der Waals surface area contributed by atoms with Gasteiger partial charge in [0.25, 0.3) is 0 Å². The third kappa shape index (κ3) is 3.29. The summed E-state index contributed by atoms with van der Waals surface area (Å²) in [6.45, 7) is 4.54. The molecule has 1 amide bonds. The lowest BCUT2D eigenvalue weighted by molar-refractivity contribution is -0.133. The summed E-state index contributed by atoms with van der Waals surface area (Å²) in [7, 11) is 0. The van der Waals surface area contributed by atoms with Gasteiger partial charge in [0.1, 0.15) is 0 Å². The van der Waals surface area contributed by atoms with Gasteiger partial charge in [0.05, 0.1) is 17.1 Å². The molecule has 0 aromatic heterocycles. The molecule has 7 nitrogen and oxygen atoms in total. The maximum Gasteiger partial charge on any atom is 0.334 e. The van der Waals surface area contributed by atoms with Crippen molar-refractivity contribution in [1.82, 2.24) is 5.32 Å². The van der Waals surface area contributed by atoms with Crippen LogP contribution in [0.3, 0.4) is 0 Å². The number of carboxylic acid groups (broad SMARTS) is 2. The molecule has 126 valence electrons. The molecule has 0 aliphatic carbocycles. The van der Waals surface area contributed by atoms with Crippen molar-refractivity contribution in [3.8, 4) is 0 Å². The van der Waals surface area contributed by atoms with Crippen LogP contribution in [-0.2, 0) is 14.4 Å². The molecule has 0 saturated heterocycles. The second-order valence-electron chi connectivity index (χ2n) is 5.55. The summed E-state index contributed by atoms with van der Waals surface area (Å²) in [5.74, 6) is -3.59. The van der Waals surface area contributed by atoms with Crippen molar-refractivity contribution in [3.63, 3.8) is 0 Å². The van der Waals surface area contributed by atoms with Crippen LogP contribution >= 0.6 is 0 Å². The molecule has 0 atom stereocenters. The quantitative estimate of drug-likeness (QED) is 0.671. The summed E-state index contributed by atoms with van der Waals surface area (Å²) in [6.07, 6.45) is 0. The molecule has 0 radical (unpaired) electrons. The lowest BCUT2D eigenvalue weighted by Crippen LogP contribution is -2.31. The van der Waals surface area contributed by atoms with E-state index in [-0.39, 0.29) is 17.1 Å². The average molecular weight is 330 g/mol. The van der Waals surface area contributed by atoms with E-state index in [1.54, 1.807) is 38.1 Å². The number of hydrogen-bond donors (Lipinski definition) is 4. The highest BCUT2D eigenvalue weighted by atomic mass is 16.4. The van der Waals surface area contributed by atoms with Gasteiger partial charge in [0.15, 0.2) is 0 Å². The van der Waals surface area contributed by atoms with Crippen LogP contribution in [0, 0.1) is 0 Å². The Morgan fingerprint density at radius 2 is 1.58 bits per heavy atom. The highest BCUT2D eigenvalue weighted by Crippen LogP contribution is 2.38. The zero-order valence-electron chi connectivity index (χ0n) is 13.5. The number of nitrogens with one attached hydrogen (secondary N) is 2. The Morgan fingerprint density at radius 1 is 1.04 bits per heavy atom. The third-order valence-corrected chi connectivity index (χ3v) is 3.76. The largest absolute Gasteiger partial charge is 0.478 e. The van der Waals surface area contributed by atoms with Crippen molar-refractivity contribution >= 4 is 23.5 Å². The third-order valence-electron chi connectivity index (χ3n) is 3.76. The predicted octanol–water partition coefficient (Wildman–Crippen LogP) is 2.05. The fourth-order valence-corrected chi connectivity index (χ4v) is 2.89. The van der Waals surface area contributed by atoms with Gasteiger partial charge in [-0.2, -0.15) is 0 Å². The van der Waals surface area contributed by atoms with Crippen LogP contribution in [0.5, 0.6) is 0 Å². The molecule has 4 N–H and O–H groups in total. The Labute approximate surface area is 138 Å². The van der Waals surface area contributed by atoms with E-state index in [4.69, 9.17) is 0 Å². The molecule has 1 aliphatic rings. The maximum absolute atomic E-state index is 11.7. The fourth-order valence-electron chi connectivity index (χ4n) is 2.89. The van der Waals surface area contributed by atoms with Gasteiger partial charge in [-0.25, -0.2) is 9.59 Å². The molecule has 0 saturated carbocycles. The standard InChI is InChI=1S/C17H18N2O5/c1-8-13(16(21)22)15(14(17(23)24)9(2)18-8)11-5-4-6-12(7-11)19-10(3)20/h4-7,15,18H,1-3H3,(H,19,20)(H,21,22)(H,23,24). The van der Waals surface area contributed by atoms with Crippen LogP contribution in [0.1, 0.15) is 32.3 Å². The Balaban J connectivity index is 2.64. The van der Waals surface area contributed by atoms with E-state index in [0.29, 0.717) is 22.6 Å². The van der Waals surface area contributed by atoms with Crippen molar-refractivity contribution in [3.05, 3.63) is 52.4 Å². The van der Waals surface area contributed by atoms with Gasteiger partial charge in [-0.05, 0) is 31.5 Å². The van der Waals surface area contributed by atoms with E-state index in [0.717, 1.165) is 0 Å². The number of amides is 1. The molecule has 2 rings (SSSR count). The van der Waals surface area contributed by atoms with Crippen LogP contribution in [0.4, 0.5) is 5.69 Å². The smallest absolute Gasteiger partial charge is 0.334 e. The lowest BCUT2D eigenvalue weighted by atomic mass is 9.80. The van der Waals surface area contributed by atoms with Gasteiger partial charge in [-0.15, -0.1) is 0 Å². The Hall–Kier alpha value is -3.09. The fraction of sp³-hybridized carbons (Fsp3) is 0.235. The van der Waals surface area contributed by atoms with Gasteiger partial charge in [-0.1, -0.05) is 12.1 Å². The van der Waals surface area contributed by atoms with E-state index < -0.39 is 17.9 Å². The first-order chi connectivity index (χ1) is 11.2. The Bertz CT molecular complexity index is 756. The van der Waals surface area contributed by atoms with Crippen molar-refractivity contribution in [2.75, 3.05) is 5.32 Å². The van der Waals surface area contributed by atoms with E-state index in [1.165, 1.54) is 6.92 Å². The second-order valence-corrected chi connectivity index (χ2v) is 5.55. The van der Waals surface area contributed by atoms with Gasteiger partial charge in [0, 0.05) is 24.0 Å². The van der Waals surface area contributed by atoms with Crippen LogP contribution in [0.2, 0.25) is 0 Å². The maximum atomic E-state index is 11.7. The summed E-state index contributed by atoms with van der Waals surface area (Å²) < 4.78 is 0. The van der Waals surface area contributed by atoms with E-state index in [1.807, 2.05) is 0 Å². The van der Waals surface area contributed by atoms with Crippen LogP contribution in [0.15, 0.2) is 46.8 Å². The van der Waals surface area contributed by atoms with Crippen LogP contribution in [-0.4, -0.2) is 28.1 Å². The zero-order chi connectivity index (χ0) is 18.0. The number of carboxylic acids is 2. The Morgan fingerprint density at radius 3 is 2.04 bits per heavy atom. The minimum absolute atomic E-state index is 0.0297. The number of rotatable bonds is 4. The average Bonchev–Trinajstić information content (AvgIpc) is 2.44.